The fraction of sp³-hybridized carbons (Fsp3) is 0.538. The van der Waals surface area contributed by atoms with E-state index in [9.17, 15) is 0 Å². The average Bonchev–Trinajstić information content (AvgIpc) is 3.08. The van der Waals surface area contributed by atoms with Crippen molar-refractivity contribution in [1.82, 2.24) is 5.43 Å². The molecule has 0 bridgehead atoms. The second kappa shape index (κ2) is 5.30. The van der Waals surface area contributed by atoms with Crippen LogP contribution in [0.5, 0.6) is 0 Å². The van der Waals surface area contributed by atoms with Crippen LogP contribution in [0.3, 0.4) is 0 Å². The Hall–Kier alpha value is -0.380. The lowest BCUT2D eigenvalue weighted by atomic mass is 9.99. The number of nitrogens with one attached hydrogen (secondary N) is 1. The van der Waals surface area contributed by atoms with Crippen molar-refractivity contribution in [3.63, 3.8) is 0 Å². The van der Waals surface area contributed by atoms with E-state index in [-0.39, 0.29) is 0 Å². The maximum absolute atomic E-state index is 5.64. The van der Waals surface area contributed by atoms with Crippen LogP contribution in [0, 0.1) is 12.8 Å². The van der Waals surface area contributed by atoms with Crippen LogP contribution < -0.4 is 11.3 Å². The van der Waals surface area contributed by atoms with Gasteiger partial charge >= 0.3 is 0 Å². The predicted octanol–water partition coefficient (Wildman–Crippen LogP) is 3.45. The molecule has 0 aliphatic heterocycles. The number of hydrogen-bond donors (Lipinski definition) is 2. The van der Waals surface area contributed by atoms with Gasteiger partial charge < -0.3 is 0 Å². The maximum atomic E-state index is 5.64. The van der Waals surface area contributed by atoms with E-state index >= 15 is 0 Å². The van der Waals surface area contributed by atoms with Crippen molar-refractivity contribution in [1.29, 1.82) is 0 Å². The molecule has 3 heteroatoms. The van der Waals surface area contributed by atoms with Gasteiger partial charge in [0.2, 0.25) is 0 Å². The Balaban J connectivity index is 2.02. The van der Waals surface area contributed by atoms with Gasteiger partial charge in [0.05, 0.1) is 0 Å². The molecule has 2 rings (SSSR count). The van der Waals surface area contributed by atoms with Gasteiger partial charge in [0, 0.05) is 10.5 Å². The molecule has 1 aliphatic rings. The van der Waals surface area contributed by atoms with Crippen LogP contribution in [0.2, 0.25) is 0 Å². The van der Waals surface area contributed by atoms with Crippen molar-refractivity contribution in [3.8, 4) is 0 Å². The van der Waals surface area contributed by atoms with E-state index in [4.69, 9.17) is 5.84 Å². The first kappa shape index (κ1) is 12.1. The number of halogens is 1. The van der Waals surface area contributed by atoms with Gasteiger partial charge in [0.25, 0.3) is 0 Å². The predicted molar refractivity (Wildman–Crippen MR) is 70.9 cm³/mol. The van der Waals surface area contributed by atoms with Crippen molar-refractivity contribution in [2.45, 2.75) is 38.6 Å². The van der Waals surface area contributed by atoms with Gasteiger partial charge in [0.1, 0.15) is 0 Å². The van der Waals surface area contributed by atoms with Gasteiger partial charge in [-0.2, -0.15) is 0 Å². The summed E-state index contributed by atoms with van der Waals surface area (Å²) in [4.78, 5) is 0. The summed E-state index contributed by atoms with van der Waals surface area (Å²) in [6.45, 7) is 2.11. The first-order chi connectivity index (χ1) is 7.70. The van der Waals surface area contributed by atoms with Gasteiger partial charge in [0.15, 0.2) is 0 Å². The first-order valence-electron chi connectivity index (χ1n) is 5.93. The van der Waals surface area contributed by atoms with E-state index in [1.54, 1.807) is 0 Å². The normalized spacial score (nSPS) is 17.4. The third kappa shape index (κ3) is 3.06. The van der Waals surface area contributed by atoms with Crippen molar-refractivity contribution < 1.29 is 0 Å². The second-order valence-corrected chi connectivity index (χ2v) is 5.60. The molecule has 0 amide bonds. The minimum Gasteiger partial charge on any atom is -0.271 e. The molecule has 1 atom stereocenters. The van der Waals surface area contributed by atoms with Crippen LogP contribution in [0.25, 0.3) is 0 Å². The van der Waals surface area contributed by atoms with Crippen LogP contribution in [-0.4, -0.2) is 0 Å². The summed E-state index contributed by atoms with van der Waals surface area (Å²) >= 11 is 3.52. The standard InChI is InChI=1S/C13H19BrN2/c1-9-8-11(5-6-12(9)14)13(16-15)7-4-10-2-3-10/h5-6,8,10,13,16H,2-4,7,15H2,1H3. The Morgan fingerprint density at radius 3 is 2.81 bits per heavy atom. The third-order valence-electron chi connectivity index (χ3n) is 3.35. The van der Waals surface area contributed by atoms with Gasteiger partial charge in [-0.05, 0) is 42.9 Å². The Bertz CT molecular complexity index is 361. The Morgan fingerprint density at radius 1 is 1.50 bits per heavy atom. The van der Waals surface area contributed by atoms with Gasteiger partial charge in [-0.3, -0.25) is 11.3 Å². The zero-order valence-corrected chi connectivity index (χ0v) is 11.3. The van der Waals surface area contributed by atoms with Crippen LogP contribution >= 0.6 is 15.9 Å². The molecule has 1 aromatic carbocycles. The van der Waals surface area contributed by atoms with Crippen LogP contribution in [-0.2, 0) is 0 Å². The molecule has 2 nitrogen and oxygen atoms in total. The zero-order valence-electron chi connectivity index (χ0n) is 9.67. The SMILES string of the molecule is Cc1cc(C(CCC2CC2)NN)ccc1Br. The van der Waals surface area contributed by atoms with Crippen LogP contribution in [0.4, 0.5) is 0 Å². The van der Waals surface area contributed by atoms with E-state index < -0.39 is 0 Å². The Labute approximate surface area is 106 Å². The number of aryl methyl sites for hydroxylation is 1. The number of nitrogens with two attached hydrogens (primary N) is 1. The highest BCUT2D eigenvalue weighted by molar-refractivity contribution is 9.10. The monoisotopic (exact) mass is 282 g/mol. The summed E-state index contributed by atoms with van der Waals surface area (Å²) in [5.74, 6) is 6.60. The smallest absolute Gasteiger partial charge is 0.0460 e. The number of rotatable bonds is 5. The summed E-state index contributed by atoms with van der Waals surface area (Å²) < 4.78 is 1.16. The lowest BCUT2D eigenvalue weighted by molar-refractivity contribution is 0.481. The molecule has 1 fully saturated rings. The minimum atomic E-state index is 0.299. The molecular formula is C13H19BrN2. The summed E-state index contributed by atoms with van der Waals surface area (Å²) in [5, 5.41) is 0. The fourth-order valence-corrected chi connectivity index (χ4v) is 2.29. The summed E-state index contributed by atoms with van der Waals surface area (Å²) in [5.41, 5.74) is 5.50. The molecule has 0 saturated heterocycles. The molecule has 1 aliphatic carbocycles. The zero-order chi connectivity index (χ0) is 11.5. The van der Waals surface area contributed by atoms with E-state index in [0.717, 1.165) is 16.8 Å². The summed E-state index contributed by atoms with van der Waals surface area (Å²) in [6, 6.07) is 6.76. The fourth-order valence-electron chi connectivity index (χ4n) is 2.04. The molecule has 1 unspecified atom stereocenters. The van der Waals surface area contributed by atoms with Gasteiger partial charge in [-0.15, -0.1) is 0 Å². The van der Waals surface area contributed by atoms with Crippen molar-refractivity contribution >= 4 is 15.9 Å². The third-order valence-corrected chi connectivity index (χ3v) is 4.24. The average molecular weight is 283 g/mol. The Morgan fingerprint density at radius 2 is 2.25 bits per heavy atom. The molecule has 0 heterocycles. The van der Waals surface area contributed by atoms with Gasteiger partial charge in [-0.25, -0.2) is 0 Å². The minimum absolute atomic E-state index is 0.299. The van der Waals surface area contributed by atoms with Crippen LogP contribution in [0.1, 0.15) is 42.9 Å². The summed E-state index contributed by atoms with van der Waals surface area (Å²) in [7, 11) is 0. The Kier molecular flexibility index (Phi) is 4.00. The number of hydrazine groups is 1. The molecule has 1 aromatic rings. The van der Waals surface area contributed by atoms with Crippen LogP contribution in [0.15, 0.2) is 22.7 Å². The summed E-state index contributed by atoms with van der Waals surface area (Å²) in [6.07, 6.45) is 5.26. The highest BCUT2D eigenvalue weighted by atomic mass is 79.9. The molecule has 1 saturated carbocycles. The van der Waals surface area contributed by atoms with E-state index in [1.165, 1.54) is 30.4 Å². The van der Waals surface area contributed by atoms with E-state index in [0.29, 0.717) is 6.04 Å². The lowest BCUT2D eigenvalue weighted by Crippen LogP contribution is -2.28. The molecule has 0 aromatic heterocycles. The van der Waals surface area contributed by atoms with E-state index in [1.807, 2.05) is 0 Å². The molecule has 0 spiro atoms. The van der Waals surface area contributed by atoms with Gasteiger partial charge in [-0.1, -0.05) is 40.9 Å². The van der Waals surface area contributed by atoms with Crippen molar-refractivity contribution in [3.05, 3.63) is 33.8 Å². The topological polar surface area (TPSA) is 38.0 Å². The molecule has 3 N–H and O–H groups in total. The number of hydrogen-bond acceptors (Lipinski definition) is 2. The van der Waals surface area contributed by atoms with E-state index in [2.05, 4.69) is 46.5 Å². The molecule has 88 valence electrons. The molecular weight excluding hydrogens is 264 g/mol. The second-order valence-electron chi connectivity index (χ2n) is 4.75. The first-order valence-corrected chi connectivity index (χ1v) is 6.72. The van der Waals surface area contributed by atoms with Crippen molar-refractivity contribution in [2.75, 3.05) is 0 Å². The number of benzene rings is 1. The highest BCUT2D eigenvalue weighted by Gasteiger charge is 2.22. The quantitative estimate of drug-likeness (QED) is 0.641. The largest absolute Gasteiger partial charge is 0.271 e. The lowest BCUT2D eigenvalue weighted by Gasteiger charge is -2.17. The molecule has 16 heavy (non-hydrogen) atoms. The van der Waals surface area contributed by atoms with Crippen molar-refractivity contribution in [2.24, 2.45) is 11.8 Å². The molecule has 0 radical (unpaired) electrons. The highest BCUT2D eigenvalue weighted by Crippen LogP contribution is 2.36. The maximum Gasteiger partial charge on any atom is 0.0460 e.